The van der Waals surface area contributed by atoms with Crippen LogP contribution in [0.5, 0.6) is 11.5 Å². The molecule has 9 nitrogen and oxygen atoms in total. The lowest BCUT2D eigenvalue weighted by atomic mass is 9.83. The van der Waals surface area contributed by atoms with Crippen LogP contribution >= 0.6 is 11.6 Å². The molecule has 0 spiro atoms. The number of hydrogen-bond donors (Lipinski definition) is 1. The highest BCUT2D eigenvalue weighted by Gasteiger charge is 2.41. The van der Waals surface area contributed by atoms with Crippen molar-refractivity contribution in [3.8, 4) is 11.5 Å². The van der Waals surface area contributed by atoms with Gasteiger partial charge in [-0.25, -0.2) is 0 Å². The van der Waals surface area contributed by atoms with Crippen LogP contribution in [0, 0.1) is 16.0 Å². The fourth-order valence-electron chi connectivity index (χ4n) is 5.77. The quantitative estimate of drug-likeness (QED) is 0.302. The number of nitrogens with zero attached hydrogens (tertiary/aromatic N) is 3. The molecule has 2 atom stereocenters. The second-order valence-corrected chi connectivity index (χ2v) is 10.7. The van der Waals surface area contributed by atoms with Gasteiger partial charge in [0.15, 0.2) is 11.5 Å². The van der Waals surface area contributed by atoms with Gasteiger partial charge in [0.2, 0.25) is 5.91 Å². The second-order valence-electron chi connectivity index (χ2n) is 10.2. The molecule has 5 rings (SSSR count). The standard InChI is InChI=1S/C30H33ClN4O5/c1-39-28-10-5-20(15-29(28)40-2)11-12-32-30(36)25-17-22-16-24(35(37)38)8-9-26(22)34-14-13-33(19-27(25)34)18-21-3-6-23(31)7-4-21/h3-10,15-16,25,27H,11-14,17-19H2,1-2H3,(H,32,36)/t25-,27-/m1/s1. The van der Waals surface area contributed by atoms with Crippen LogP contribution in [-0.4, -0.2) is 62.2 Å². The number of nitro benzene ring substituents is 1. The van der Waals surface area contributed by atoms with E-state index in [0.717, 1.165) is 36.4 Å². The number of ether oxygens (including phenoxy) is 2. The Morgan fingerprint density at radius 3 is 2.50 bits per heavy atom. The van der Waals surface area contributed by atoms with Crippen LogP contribution in [-0.2, 0) is 24.2 Å². The molecule has 2 aliphatic rings. The number of non-ortho nitro benzene ring substituents is 1. The van der Waals surface area contributed by atoms with Gasteiger partial charge in [-0.3, -0.25) is 19.8 Å². The number of piperazine rings is 1. The maximum absolute atomic E-state index is 13.6. The molecule has 1 N–H and O–H groups in total. The van der Waals surface area contributed by atoms with Crippen molar-refractivity contribution in [3.63, 3.8) is 0 Å². The van der Waals surface area contributed by atoms with Gasteiger partial charge in [-0.15, -0.1) is 0 Å². The zero-order valence-corrected chi connectivity index (χ0v) is 23.4. The van der Waals surface area contributed by atoms with Crippen molar-refractivity contribution in [2.45, 2.75) is 25.4 Å². The molecule has 3 aromatic rings. The highest BCUT2D eigenvalue weighted by Crippen LogP contribution is 2.38. The topological polar surface area (TPSA) is 97.2 Å². The van der Waals surface area contributed by atoms with Crippen LogP contribution in [0.3, 0.4) is 0 Å². The first kappa shape index (κ1) is 27.7. The number of amides is 1. The van der Waals surface area contributed by atoms with Gasteiger partial charge in [0.1, 0.15) is 0 Å². The number of halogens is 1. The monoisotopic (exact) mass is 564 g/mol. The van der Waals surface area contributed by atoms with Gasteiger partial charge in [0.25, 0.3) is 5.69 Å². The second kappa shape index (κ2) is 12.1. The van der Waals surface area contributed by atoms with Crippen LogP contribution in [0.15, 0.2) is 60.7 Å². The number of methoxy groups -OCH3 is 2. The Balaban J connectivity index is 1.32. The van der Waals surface area contributed by atoms with E-state index in [1.165, 1.54) is 5.56 Å². The zero-order valence-electron chi connectivity index (χ0n) is 22.6. The Hall–Kier alpha value is -3.82. The number of hydrogen-bond acceptors (Lipinski definition) is 7. The Labute approximate surface area is 238 Å². The summed E-state index contributed by atoms with van der Waals surface area (Å²) < 4.78 is 10.7. The van der Waals surface area contributed by atoms with E-state index in [1.807, 2.05) is 48.5 Å². The number of benzene rings is 3. The summed E-state index contributed by atoms with van der Waals surface area (Å²) in [5.74, 6) is 0.926. The van der Waals surface area contributed by atoms with Crippen molar-refractivity contribution in [1.29, 1.82) is 0 Å². The number of carbonyl (C=O) groups is 1. The molecule has 0 radical (unpaired) electrons. The minimum Gasteiger partial charge on any atom is -0.493 e. The summed E-state index contributed by atoms with van der Waals surface area (Å²) in [5, 5.41) is 15.3. The first-order valence-corrected chi connectivity index (χ1v) is 13.7. The molecule has 2 heterocycles. The van der Waals surface area contributed by atoms with Crippen LogP contribution in [0.1, 0.15) is 16.7 Å². The van der Waals surface area contributed by atoms with Crippen LogP contribution < -0.4 is 19.7 Å². The summed E-state index contributed by atoms with van der Waals surface area (Å²) in [4.78, 5) is 29.4. The van der Waals surface area contributed by atoms with E-state index < -0.39 is 0 Å². The van der Waals surface area contributed by atoms with E-state index in [4.69, 9.17) is 21.1 Å². The molecular formula is C30H33ClN4O5. The number of nitrogens with one attached hydrogen (secondary N) is 1. The Bertz CT molecular complexity index is 1380. The molecule has 1 saturated heterocycles. The van der Waals surface area contributed by atoms with Crippen molar-refractivity contribution in [2.75, 3.05) is 45.3 Å². The first-order chi connectivity index (χ1) is 19.4. The maximum atomic E-state index is 13.6. The van der Waals surface area contributed by atoms with E-state index in [1.54, 1.807) is 26.4 Å². The number of carbonyl (C=O) groups excluding carboxylic acids is 1. The van der Waals surface area contributed by atoms with Gasteiger partial charge >= 0.3 is 0 Å². The molecule has 0 saturated carbocycles. The van der Waals surface area contributed by atoms with Gasteiger partial charge in [0, 0.05) is 55.6 Å². The molecule has 0 bridgehead atoms. The molecule has 1 amide bonds. The highest BCUT2D eigenvalue weighted by molar-refractivity contribution is 6.30. The predicted octanol–water partition coefficient (Wildman–Crippen LogP) is 4.49. The molecule has 0 unspecified atom stereocenters. The summed E-state index contributed by atoms with van der Waals surface area (Å²) in [7, 11) is 3.20. The lowest BCUT2D eigenvalue weighted by Crippen LogP contribution is -2.61. The van der Waals surface area contributed by atoms with Crippen LogP contribution in [0.2, 0.25) is 5.02 Å². The lowest BCUT2D eigenvalue weighted by molar-refractivity contribution is -0.384. The fourth-order valence-corrected chi connectivity index (χ4v) is 5.90. The molecule has 0 aliphatic carbocycles. The van der Waals surface area contributed by atoms with E-state index in [9.17, 15) is 14.9 Å². The third kappa shape index (κ3) is 6.00. The van der Waals surface area contributed by atoms with Gasteiger partial charge in [0.05, 0.1) is 31.1 Å². The third-order valence-corrected chi connectivity index (χ3v) is 8.06. The third-order valence-electron chi connectivity index (χ3n) is 7.81. The van der Waals surface area contributed by atoms with Gasteiger partial charge in [-0.1, -0.05) is 29.8 Å². The highest BCUT2D eigenvalue weighted by atomic mass is 35.5. The smallest absolute Gasteiger partial charge is 0.269 e. The molecule has 40 heavy (non-hydrogen) atoms. The summed E-state index contributed by atoms with van der Waals surface area (Å²) in [6.45, 7) is 3.50. The fraction of sp³-hybridized carbons (Fsp3) is 0.367. The van der Waals surface area contributed by atoms with Gasteiger partial charge in [-0.05, 0) is 59.9 Å². The largest absolute Gasteiger partial charge is 0.493 e. The van der Waals surface area contributed by atoms with Gasteiger partial charge < -0.3 is 19.7 Å². The van der Waals surface area contributed by atoms with Crippen molar-refractivity contribution in [1.82, 2.24) is 10.2 Å². The summed E-state index contributed by atoms with van der Waals surface area (Å²) >= 11 is 6.07. The molecular weight excluding hydrogens is 532 g/mol. The van der Waals surface area contributed by atoms with Gasteiger partial charge in [-0.2, -0.15) is 0 Å². The van der Waals surface area contributed by atoms with Crippen molar-refractivity contribution >= 4 is 28.9 Å². The van der Waals surface area contributed by atoms with E-state index in [0.29, 0.717) is 42.5 Å². The number of rotatable bonds is 9. The number of anilines is 1. The first-order valence-electron chi connectivity index (χ1n) is 13.4. The van der Waals surface area contributed by atoms with Crippen molar-refractivity contribution < 1.29 is 19.2 Å². The number of fused-ring (bicyclic) bond motifs is 3. The van der Waals surface area contributed by atoms with Crippen molar-refractivity contribution in [2.24, 2.45) is 5.92 Å². The van der Waals surface area contributed by atoms with E-state index in [2.05, 4.69) is 15.1 Å². The van der Waals surface area contributed by atoms with E-state index in [-0.39, 0.29) is 28.5 Å². The Morgan fingerprint density at radius 1 is 1.02 bits per heavy atom. The molecule has 210 valence electrons. The minimum absolute atomic E-state index is 0.0408. The Morgan fingerprint density at radius 2 is 1.77 bits per heavy atom. The average Bonchev–Trinajstić information content (AvgIpc) is 2.97. The Kier molecular flexibility index (Phi) is 8.42. The molecule has 0 aromatic heterocycles. The molecule has 2 aliphatic heterocycles. The predicted molar refractivity (Wildman–Crippen MR) is 154 cm³/mol. The number of nitro groups is 1. The summed E-state index contributed by atoms with van der Waals surface area (Å²) in [5.41, 5.74) is 4.07. The molecule has 1 fully saturated rings. The minimum atomic E-state index is -0.380. The van der Waals surface area contributed by atoms with Crippen molar-refractivity contribution in [3.05, 3.63) is 92.5 Å². The normalized spacial score (nSPS) is 18.4. The SMILES string of the molecule is COc1ccc(CCNC(=O)[C@@H]2Cc3cc([N+](=O)[O-])ccc3N3CCN(Cc4ccc(Cl)cc4)C[C@H]23)cc1OC. The van der Waals surface area contributed by atoms with Crippen LogP contribution in [0.25, 0.3) is 0 Å². The summed E-state index contributed by atoms with van der Waals surface area (Å²) in [6, 6.07) is 18.5. The summed E-state index contributed by atoms with van der Waals surface area (Å²) in [6.07, 6.45) is 1.09. The van der Waals surface area contributed by atoms with E-state index >= 15 is 0 Å². The maximum Gasteiger partial charge on any atom is 0.269 e. The lowest BCUT2D eigenvalue weighted by Gasteiger charge is -2.49. The molecule has 10 heteroatoms. The average molecular weight is 565 g/mol. The molecule has 3 aromatic carbocycles. The zero-order chi connectivity index (χ0) is 28.2. The van der Waals surface area contributed by atoms with Crippen LogP contribution in [0.4, 0.5) is 11.4 Å².